The average molecular weight is 411 g/mol. The number of carbonyl (C=O) groups is 1. The predicted octanol–water partition coefficient (Wildman–Crippen LogP) is 3.47. The van der Waals surface area contributed by atoms with Gasteiger partial charge >= 0.3 is 10.5 Å². The van der Waals surface area contributed by atoms with Crippen LogP contribution >= 0.6 is 0 Å². The number of benzene rings is 2. The molecule has 0 atom stereocenters. The molecule has 0 spiro atoms. The van der Waals surface area contributed by atoms with Crippen molar-refractivity contribution in [3.63, 3.8) is 0 Å². The van der Waals surface area contributed by atoms with Crippen LogP contribution in [0.5, 0.6) is 0 Å². The van der Waals surface area contributed by atoms with Crippen LogP contribution in [0.25, 0.3) is 0 Å². The van der Waals surface area contributed by atoms with Gasteiger partial charge in [-0.1, -0.05) is 48.0 Å². The first kappa shape index (κ1) is 21.6. The lowest BCUT2D eigenvalue weighted by molar-refractivity contribution is 0.100. The van der Waals surface area contributed by atoms with Gasteiger partial charge in [-0.15, -0.1) is 0 Å². The van der Waals surface area contributed by atoms with Crippen LogP contribution < -0.4 is 16.4 Å². The fourth-order valence-electron chi connectivity index (χ4n) is 2.44. The summed E-state index contributed by atoms with van der Waals surface area (Å²) in [5, 5.41) is 6.50. The summed E-state index contributed by atoms with van der Waals surface area (Å²) >= 11 is 0. The molecule has 29 heavy (non-hydrogen) atoms. The van der Waals surface area contributed by atoms with E-state index in [1.54, 1.807) is 6.07 Å². The number of primary amides is 1. The fraction of sp³-hybridized carbons (Fsp3) is 0.100. The molecule has 1 aromatic heterocycles. The van der Waals surface area contributed by atoms with Crippen molar-refractivity contribution in [1.82, 2.24) is 4.98 Å². The van der Waals surface area contributed by atoms with Crippen LogP contribution in [-0.2, 0) is 17.0 Å². The summed E-state index contributed by atoms with van der Waals surface area (Å²) in [5.74, 6) is 0.134. The molecule has 0 fully saturated rings. The van der Waals surface area contributed by atoms with E-state index in [1.165, 1.54) is 11.8 Å². The lowest BCUT2D eigenvalue weighted by Crippen LogP contribution is -2.15. The Bertz CT molecular complexity index is 1060. The van der Waals surface area contributed by atoms with E-state index < -0.39 is 16.4 Å². The van der Waals surface area contributed by atoms with Crippen molar-refractivity contribution in [2.45, 2.75) is 13.5 Å². The number of carbonyl (C=O) groups excluding carboxylic acids is 1. The highest BCUT2D eigenvalue weighted by molar-refractivity contribution is 7.60. The van der Waals surface area contributed by atoms with E-state index in [0.29, 0.717) is 23.6 Å². The Morgan fingerprint density at radius 2 is 1.72 bits per heavy atom. The van der Waals surface area contributed by atoms with Crippen molar-refractivity contribution in [3.8, 4) is 0 Å². The van der Waals surface area contributed by atoms with Gasteiger partial charge in [-0.25, -0.2) is 4.98 Å². The molecule has 9 heteroatoms. The van der Waals surface area contributed by atoms with Crippen LogP contribution in [0, 0.1) is 11.7 Å². The van der Waals surface area contributed by atoms with E-state index in [0.717, 1.165) is 11.3 Å². The van der Waals surface area contributed by atoms with Crippen molar-refractivity contribution in [2.24, 2.45) is 5.73 Å². The van der Waals surface area contributed by atoms with Crippen molar-refractivity contribution in [1.29, 1.82) is 4.78 Å². The Labute approximate surface area is 170 Å². The van der Waals surface area contributed by atoms with E-state index in [9.17, 15) is 4.79 Å². The Morgan fingerprint density at radius 1 is 1.10 bits per heavy atom. The number of pyridine rings is 1. The highest BCUT2D eigenvalue weighted by Crippen LogP contribution is 2.22. The minimum atomic E-state index is -2.61. The number of nitrogens with zero attached hydrogens (tertiary/aromatic N) is 1. The summed E-state index contributed by atoms with van der Waals surface area (Å²) in [7, 11) is -2.61. The minimum absolute atomic E-state index is 0.366. The normalized spacial score (nSPS) is 9.69. The van der Waals surface area contributed by atoms with Crippen LogP contribution in [0.4, 0.5) is 17.2 Å². The van der Waals surface area contributed by atoms with Crippen LogP contribution in [0.1, 0.15) is 21.5 Å². The third kappa shape index (κ3) is 7.43. The summed E-state index contributed by atoms with van der Waals surface area (Å²) < 4.78 is 22.8. The number of aryl methyl sites for hydroxylation is 1. The number of anilines is 3. The monoisotopic (exact) mass is 411 g/mol. The van der Waals surface area contributed by atoms with Gasteiger partial charge in [-0.05, 0) is 24.6 Å². The quantitative estimate of drug-likeness (QED) is 0.490. The highest BCUT2D eigenvalue weighted by atomic mass is 32.2. The molecule has 0 aliphatic heterocycles. The first-order valence-corrected chi connectivity index (χ1v) is 9.64. The zero-order valence-electron chi connectivity index (χ0n) is 15.7. The van der Waals surface area contributed by atoms with E-state index in [1.807, 2.05) is 61.5 Å². The molecule has 8 nitrogen and oxygen atoms in total. The van der Waals surface area contributed by atoms with Gasteiger partial charge in [-0.3, -0.25) is 4.79 Å². The second-order valence-corrected chi connectivity index (χ2v) is 6.51. The second-order valence-electron chi connectivity index (χ2n) is 6.04. The van der Waals surface area contributed by atoms with Gasteiger partial charge < -0.3 is 16.4 Å². The first-order chi connectivity index (χ1) is 13.8. The van der Waals surface area contributed by atoms with Gasteiger partial charge in [0.25, 0.3) is 5.91 Å². The van der Waals surface area contributed by atoms with E-state index >= 15 is 0 Å². The average Bonchev–Trinajstić information content (AvgIpc) is 2.68. The lowest BCUT2D eigenvalue weighted by Gasteiger charge is -2.13. The zero-order valence-corrected chi connectivity index (χ0v) is 16.5. The number of hydrogen-bond donors (Lipinski definition) is 4. The molecule has 3 rings (SSSR count). The van der Waals surface area contributed by atoms with Gasteiger partial charge in [0.05, 0.1) is 11.3 Å². The standard InChI is InChI=1S/C20H20N4O.HNO2S/c1-14-7-9-16(10-8-14)24-19-11-18(17(13-23-19)20(21)25)22-12-15-5-3-2-4-6-15;1-4(2)3/h2-11,13H,12H2,1H3,(H2,21,25)(H2,22,23,24);1H. The lowest BCUT2D eigenvalue weighted by atomic mass is 10.2. The van der Waals surface area contributed by atoms with E-state index in [-0.39, 0.29) is 0 Å². The molecule has 5 N–H and O–H groups in total. The highest BCUT2D eigenvalue weighted by Gasteiger charge is 2.10. The SMILES string of the molecule is Cc1ccc(Nc2cc(NCc3ccccc3)c(C(N)=O)cn2)cc1.N=S(=O)=O. The van der Waals surface area contributed by atoms with Crippen LogP contribution in [-0.4, -0.2) is 19.3 Å². The molecule has 0 radical (unpaired) electrons. The molecule has 0 aliphatic rings. The number of amides is 1. The molecule has 0 saturated heterocycles. The van der Waals surface area contributed by atoms with Crippen molar-refractivity contribution in [2.75, 3.05) is 10.6 Å². The molecule has 0 saturated carbocycles. The summed E-state index contributed by atoms with van der Waals surface area (Å²) in [6.07, 6.45) is 1.49. The van der Waals surface area contributed by atoms with Gasteiger partial charge in [-0.2, -0.15) is 13.2 Å². The topological polar surface area (TPSA) is 138 Å². The number of hydrogen-bond acceptors (Lipinski definition) is 7. The second kappa shape index (κ2) is 10.6. The van der Waals surface area contributed by atoms with Crippen molar-refractivity contribution < 1.29 is 13.2 Å². The third-order valence-electron chi connectivity index (χ3n) is 3.82. The summed E-state index contributed by atoms with van der Waals surface area (Å²) in [6.45, 7) is 2.63. The Morgan fingerprint density at radius 3 is 2.31 bits per heavy atom. The Hall–Kier alpha value is -3.72. The summed E-state index contributed by atoms with van der Waals surface area (Å²) in [4.78, 5) is 15.9. The van der Waals surface area contributed by atoms with Gasteiger partial charge in [0, 0.05) is 24.5 Å². The number of nitrogens with two attached hydrogens (primary N) is 1. The molecule has 2 aromatic carbocycles. The smallest absolute Gasteiger partial charge is 0.308 e. The molecule has 0 aliphatic carbocycles. The Balaban J connectivity index is 0.000000687. The molecule has 1 amide bonds. The number of aromatic nitrogens is 1. The summed E-state index contributed by atoms with van der Waals surface area (Å²) in [6, 6.07) is 19.8. The molecule has 0 unspecified atom stereocenters. The maximum atomic E-state index is 11.7. The van der Waals surface area contributed by atoms with Crippen LogP contribution in [0.2, 0.25) is 0 Å². The van der Waals surface area contributed by atoms with Crippen LogP contribution in [0.3, 0.4) is 0 Å². The largest absolute Gasteiger partial charge is 0.380 e. The predicted molar refractivity (Wildman–Crippen MR) is 113 cm³/mol. The minimum Gasteiger partial charge on any atom is -0.380 e. The fourth-order valence-corrected chi connectivity index (χ4v) is 2.44. The van der Waals surface area contributed by atoms with Gasteiger partial charge in [0.1, 0.15) is 5.82 Å². The molecular formula is C20H21N5O3S. The van der Waals surface area contributed by atoms with Crippen molar-refractivity contribution in [3.05, 3.63) is 83.6 Å². The van der Waals surface area contributed by atoms with Crippen molar-refractivity contribution >= 4 is 33.6 Å². The number of nitrogens with one attached hydrogen (secondary N) is 3. The van der Waals surface area contributed by atoms with E-state index in [2.05, 4.69) is 15.6 Å². The summed E-state index contributed by atoms with van der Waals surface area (Å²) in [5.41, 5.74) is 9.71. The molecule has 150 valence electrons. The third-order valence-corrected chi connectivity index (χ3v) is 3.82. The molecule has 0 bridgehead atoms. The maximum absolute atomic E-state index is 11.7. The first-order valence-electron chi connectivity index (χ1n) is 8.57. The molecule has 3 aromatic rings. The maximum Gasteiger partial charge on any atom is 0.308 e. The molecule has 1 heterocycles. The Kier molecular flexibility index (Phi) is 7.87. The van der Waals surface area contributed by atoms with Crippen LogP contribution in [0.15, 0.2) is 66.9 Å². The van der Waals surface area contributed by atoms with E-state index in [4.69, 9.17) is 18.9 Å². The van der Waals surface area contributed by atoms with Gasteiger partial charge in [0.2, 0.25) is 0 Å². The molecular weight excluding hydrogens is 390 g/mol. The van der Waals surface area contributed by atoms with Gasteiger partial charge in [0.15, 0.2) is 0 Å². The number of rotatable bonds is 6. The zero-order chi connectivity index (χ0) is 21.2.